The van der Waals surface area contributed by atoms with Crippen molar-refractivity contribution in [3.05, 3.63) is 53.7 Å². The zero-order valence-corrected chi connectivity index (χ0v) is 11.9. The van der Waals surface area contributed by atoms with Gasteiger partial charge in [-0.3, -0.25) is 0 Å². The van der Waals surface area contributed by atoms with E-state index in [0.717, 1.165) is 11.6 Å². The number of halogens is 4. The van der Waals surface area contributed by atoms with Gasteiger partial charge in [-0.1, -0.05) is 30.3 Å². The van der Waals surface area contributed by atoms with E-state index < -0.39 is 17.4 Å². The number of aromatic nitrogens is 2. The topological polar surface area (TPSA) is 37.8 Å². The molecule has 0 fully saturated rings. The first kappa shape index (κ1) is 15.6. The Morgan fingerprint density at radius 3 is 2.19 bits per heavy atom. The van der Waals surface area contributed by atoms with Crippen molar-refractivity contribution in [3.8, 4) is 0 Å². The molecule has 1 N–H and O–H groups in total. The predicted octanol–water partition coefficient (Wildman–Crippen LogP) is 4.06. The summed E-state index contributed by atoms with van der Waals surface area (Å²) in [5, 5.41) is 9.77. The van der Waals surface area contributed by atoms with Gasteiger partial charge in [0.25, 0.3) is 0 Å². The molecule has 7 heteroatoms. The number of rotatable bonds is 4. The first-order valence-corrected chi connectivity index (χ1v) is 6.69. The van der Waals surface area contributed by atoms with Gasteiger partial charge in [0.15, 0.2) is 5.69 Å². The molecular weight excluding hydrogens is 303 g/mol. The van der Waals surface area contributed by atoms with E-state index in [-0.39, 0.29) is 11.7 Å². The maximum atomic E-state index is 12.4. The summed E-state index contributed by atoms with van der Waals surface area (Å²) in [4.78, 5) is 0. The molecule has 0 saturated heterocycles. The highest BCUT2D eigenvalue weighted by molar-refractivity contribution is 6.18. The maximum Gasteiger partial charge on any atom is 0.435 e. The van der Waals surface area contributed by atoms with Gasteiger partial charge in [-0.05, 0) is 24.6 Å². The van der Waals surface area contributed by atoms with Gasteiger partial charge in [-0.25, -0.2) is 0 Å². The van der Waals surface area contributed by atoms with Crippen molar-refractivity contribution in [3.63, 3.8) is 0 Å². The molecule has 0 saturated carbocycles. The monoisotopic (exact) mass is 315 g/mol. The van der Waals surface area contributed by atoms with Crippen molar-refractivity contribution in [2.24, 2.45) is 0 Å². The summed E-state index contributed by atoms with van der Waals surface area (Å²) < 4.78 is 37.3. The van der Waals surface area contributed by atoms with E-state index >= 15 is 0 Å². The number of nitrogens with zero attached hydrogens (tertiary/aromatic N) is 2. The molecule has 0 aliphatic rings. The predicted molar refractivity (Wildman–Crippen MR) is 75.2 cm³/mol. The molecule has 2 rings (SSSR count). The van der Waals surface area contributed by atoms with Crippen LogP contribution in [0.3, 0.4) is 0 Å². The minimum Gasteiger partial charge on any atom is -0.358 e. The fourth-order valence-electron chi connectivity index (χ4n) is 1.82. The molecule has 1 atom stereocenters. The Balaban J connectivity index is 2.23. The van der Waals surface area contributed by atoms with Gasteiger partial charge in [-0.15, -0.1) is 21.8 Å². The highest BCUT2D eigenvalue weighted by Gasteiger charge is 2.33. The summed E-state index contributed by atoms with van der Waals surface area (Å²) in [6.07, 6.45) is -4.50. The van der Waals surface area contributed by atoms with E-state index in [1.807, 2.05) is 37.3 Å². The van der Waals surface area contributed by atoms with Crippen LogP contribution in [0.4, 0.5) is 19.0 Å². The van der Waals surface area contributed by atoms with E-state index in [1.54, 1.807) is 0 Å². The second-order valence-electron chi connectivity index (χ2n) is 4.76. The van der Waals surface area contributed by atoms with Crippen molar-refractivity contribution < 1.29 is 13.2 Å². The Morgan fingerprint density at radius 1 is 1.05 bits per heavy atom. The third-order valence-electron chi connectivity index (χ3n) is 3.04. The molecule has 0 bridgehead atoms. The molecule has 1 heterocycles. The number of hydrogen-bond donors (Lipinski definition) is 1. The van der Waals surface area contributed by atoms with Crippen molar-refractivity contribution >= 4 is 17.4 Å². The molecule has 1 aromatic heterocycles. The Hall–Kier alpha value is -1.82. The Bertz CT molecular complexity index is 587. The lowest BCUT2D eigenvalue weighted by Gasteiger charge is -2.29. The Morgan fingerprint density at radius 2 is 1.71 bits per heavy atom. The molecule has 0 aliphatic carbocycles. The van der Waals surface area contributed by atoms with Crippen molar-refractivity contribution in [2.45, 2.75) is 18.6 Å². The second kappa shape index (κ2) is 5.89. The maximum absolute atomic E-state index is 12.4. The minimum atomic E-state index is -4.50. The van der Waals surface area contributed by atoms with Crippen LogP contribution in [0.25, 0.3) is 0 Å². The highest BCUT2D eigenvalue weighted by atomic mass is 35.5. The van der Waals surface area contributed by atoms with Gasteiger partial charge in [0.1, 0.15) is 5.82 Å². The van der Waals surface area contributed by atoms with Gasteiger partial charge in [0, 0.05) is 5.88 Å². The highest BCUT2D eigenvalue weighted by Crippen LogP contribution is 2.29. The molecule has 21 heavy (non-hydrogen) atoms. The quantitative estimate of drug-likeness (QED) is 0.865. The molecule has 1 aromatic carbocycles. The number of benzene rings is 1. The smallest absolute Gasteiger partial charge is 0.358 e. The minimum absolute atomic E-state index is 0.222. The SMILES string of the molecule is CC(CCl)(Nc1ccc(C(F)(F)F)nn1)c1ccccc1. The standard InChI is InChI=1S/C14H13ClF3N3/c1-13(9-15,10-5-3-2-4-6-10)19-12-8-7-11(20-21-12)14(16,17)18/h2-8H,9H2,1H3,(H,19,21). The van der Waals surface area contributed by atoms with Crippen LogP contribution < -0.4 is 5.32 Å². The van der Waals surface area contributed by atoms with Crippen LogP contribution in [0.5, 0.6) is 0 Å². The fourth-order valence-corrected chi connectivity index (χ4v) is 2.04. The zero-order chi connectivity index (χ0) is 15.5. The number of nitrogens with one attached hydrogen (secondary N) is 1. The van der Waals surface area contributed by atoms with Crippen LogP contribution in [0.1, 0.15) is 18.2 Å². The lowest BCUT2D eigenvalue weighted by atomic mass is 9.94. The average molecular weight is 316 g/mol. The van der Waals surface area contributed by atoms with Crippen LogP contribution in [0.2, 0.25) is 0 Å². The first-order chi connectivity index (χ1) is 9.85. The summed E-state index contributed by atoms with van der Waals surface area (Å²) in [6.45, 7) is 1.84. The summed E-state index contributed by atoms with van der Waals surface area (Å²) in [7, 11) is 0. The number of anilines is 1. The molecule has 0 amide bonds. The third-order valence-corrected chi connectivity index (χ3v) is 3.57. The third kappa shape index (κ3) is 3.64. The van der Waals surface area contributed by atoms with Crippen molar-refractivity contribution in [1.82, 2.24) is 10.2 Å². The summed E-state index contributed by atoms with van der Waals surface area (Å²) in [6, 6.07) is 11.5. The van der Waals surface area contributed by atoms with E-state index in [1.165, 1.54) is 6.07 Å². The molecule has 1 unspecified atom stereocenters. The number of hydrogen-bond acceptors (Lipinski definition) is 3. The van der Waals surface area contributed by atoms with Gasteiger partial charge in [-0.2, -0.15) is 13.2 Å². The zero-order valence-electron chi connectivity index (χ0n) is 11.2. The fraction of sp³-hybridized carbons (Fsp3) is 0.286. The summed E-state index contributed by atoms with van der Waals surface area (Å²) >= 11 is 6.01. The van der Waals surface area contributed by atoms with Gasteiger partial charge in [0.05, 0.1) is 5.54 Å². The van der Waals surface area contributed by atoms with E-state index in [4.69, 9.17) is 11.6 Å². The normalized spacial score (nSPS) is 14.5. The second-order valence-corrected chi connectivity index (χ2v) is 5.03. The molecule has 0 radical (unpaired) electrons. The molecule has 112 valence electrons. The largest absolute Gasteiger partial charge is 0.435 e. The average Bonchev–Trinajstić information content (AvgIpc) is 2.47. The lowest BCUT2D eigenvalue weighted by Crippen LogP contribution is -2.34. The van der Waals surface area contributed by atoms with Crippen molar-refractivity contribution in [1.29, 1.82) is 0 Å². The summed E-state index contributed by atoms with van der Waals surface area (Å²) in [5.41, 5.74) is -0.779. The van der Waals surface area contributed by atoms with Crippen molar-refractivity contribution in [2.75, 3.05) is 11.2 Å². The Labute approximate surface area is 125 Å². The summed E-state index contributed by atoms with van der Waals surface area (Å²) in [5.74, 6) is 0.453. The first-order valence-electron chi connectivity index (χ1n) is 6.16. The van der Waals surface area contributed by atoms with Crippen LogP contribution in [-0.4, -0.2) is 16.1 Å². The van der Waals surface area contributed by atoms with Crippen LogP contribution in [0, 0.1) is 0 Å². The lowest BCUT2D eigenvalue weighted by molar-refractivity contribution is -0.141. The molecular formula is C14H13ClF3N3. The van der Waals surface area contributed by atoms with E-state index in [2.05, 4.69) is 15.5 Å². The van der Waals surface area contributed by atoms with Gasteiger partial charge in [0.2, 0.25) is 0 Å². The molecule has 0 spiro atoms. The van der Waals surface area contributed by atoms with Crippen LogP contribution in [0.15, 0.2) is 42.5 Å². The van der Waals surface area contributed by atoms with Crippen LogP contribution >= 0.6 is 11.6 Å². The number of alkyl halides is 4. The Kier molecular flexibility index (Phi) is 4.37. The molecule has 3 nitrogen and oxygen atoms in total. The molecule has 2 aromatic rings. The van der Waals surface area contributed by atoms with Gasteiger partial charge < -0.3 is 5.32 Å². The van der Waals surface area contributed by atoms with E-state index in [0.29, 0.717) is 0 Å². The van der Waals surface area contributed by atoms with Gasteiger partial charge >= 0.3 is 6.18 Å². The van der Waals surface area contributed by atoms with Crippen LogP contribution in [-0.2, 0) is 11.7 Å². The van der Waals surface area contributed by atoms with E-state index in [9.17, 15) is 13.2 Å². The molecule has 0 aliphatic heterocycles.